The average molecular weight is 340 g/mol. The largest absolute Gasteiger partial charge is 0.494 e. The third-order valence-corrected chi connectivity index (χ3v) is 5.56. The van der Waals surface area contributed by atoms with E-state index in [1.165, 1.54) is 13.2 Å². The number of nitrogens with two attached hydrogens (primary N) is 1. The van der Waals surface area contributed by atoms with Crippen molar-refractivity contribution in [1.29, 1.82) is 0 Å². The second kappa shape index (κ2) is 6.47. The maximum Gasteiger partial charge on any atom is 0.265 e. The summed E-state index contributed by atoms with van der Waals surface area (Å²) in [6, 6.07) is 8.78. The third kappa shape index (κ3) is 3.65. The van der Waals surface area contributed by atoms with Crippen LogP contribution in [0.1, 0.15) is 22.2 Å². The highest BCUT2D eigenvalue weighted by molar-refractivity contribution is 7.91. The van der Waals surface area contributed by atoms with Crippen LogP contribution in [0.5, 0.6) is 5.75 Å². The zero-order chi connectivity index (χ0) is 16.3. The molecule has 0 fully saturated rings. The number of carbonyl (C=O) groups excluding carboxylic acids is 1. The topological polar surface area (TPSA) is 98.5 Å². The third-order valence-electron chi connectivity index (χ3n) is 2.99. The summed E-state index contributed by atoms with van der Waals surface area (Å²) in [5, 5.41) is 7.81. The Morgan fingerprint density at radius 2 is 1.95 bits per heavy atom. The molecule has 118 valence electrons. The Morgan fingerprint density at radius 3 is 2.41 bits per heavy atom. The van der Waals surface area contributed by atoms with E-state index >= 15 is 0 Å². The van der Waals surface area contributed by atoms with Crippen LogP contribution in [0.3, 0.4) is 0 Å². The summed E-state index contributed by atoms with van der Waals surface area (Å²) in [7, 11) is -2.61. The van der Waals surface area contributed by atoms with Crippen LogP contribution in [0.25, 0.3) is 0 Å². The molecule has 0 saturated carbocycles. The molecule has 22 heavy (non-hydrogen) atoms. The maximum atomic E-state index is 12.2. The van der Waals surface area contributed by atoms with Crippen molar-refractivity contribution in [3.8, 4) is 5.75 Å². The van der Waals surface area contributed by atoms with Gasteiger partial charge in [0, 0.05) is 11.8 Å². The predicted molar refractivity (Wildman–Crippen MR) is 86.0 cm³/mol. The Labute approximate surface area is 133 Å². The Kier molecular flexibility index (Phi) is 4.84. The number of benzene rings is 1. The maximum absolute atomic E-state index is 12.2. The second-order valence-electron chi connectivity index (χ2n) is 4.52. The van der Waals surface area contributed by atoms with E-state index in [0.29, 0.717) is 5.69 Å². The number of aryl methyl sites for hydroxylation is 1. The number of ether oxygens (including phenoxy) is 1. The van der Waals surface area contributed by atoms with Crippen LogP contribution in [0, 0.1) is 0 Å². The molecule has 0 bridgehead atoms. The highest BCUT2D eigenvalue weighted by Gasteiger charge is 2.22. The smallest absolute Gasteiger partial charge is 0.265 e. The van der Waals surface area contributed by atoms with Crippen LogP contribution < -0.4 is 15.2 Å². The molecule has 0 saturated heterocycles. The van der Waals surface area contributed by atoms with Crippen molar-refractivity contribution in [2.75, 3.05) is 12.4 Å². The van der Waals surface area contributed by atoms with Gasteiger partial charge in [-0.2, -0.15) is 0 Å². The predicted octanol–water partition coefficient (Wildman–Crippen LogP) is 2.22. The van der Waals surface area contributed by atoms with E-state index in [0.717, 1.165) is 23.3 Å². The monoisotopic (exact) mass is 340 g/mol. The van der Waals surface area contributed by atoms with Gasteiger partial charge in [-0.15, -0.1) is 11.3 Å². The number of amides is 1. The lowest BCUT2D eigenvalue weighted by molar-refractivity contribution is 0.103. The van der Waals surface area contributed by atoms with Crippen LogP contribution in [-0.2, 0) is 16.4 Å². The molecule has 0 atom stereocenters. The van der Waals surface area contributed by atoms with Gasteiger partial charge in [-0.1, -0.05) is 19.1 Å². The van der Waals surface area contributed by atoms with E-state index in [2.05, 4.69) is 5.32 Å². The molecule has 2 aromatic rings. The van der Waals surface area contributed by atoms with E-state index in [1.807, 2.05) is 19.1 Å². The fraction of sp³-hybridized carbons (Fsp3) is 0.214. The Hall–Kier alpha value is -1.90. The van der Waals surface area contributed by atoms with Gasteiger partial charge >= 0.3 is 0 Å². The first-order chi connectivity index (χ1) is 10.3. The van der Waals surface area contributed by atoms with Gasteiger partial charge in [0.2, 0.25) is 0 Å². The van der Waals surface area contributed by atoms with E-state index in [9.17, 15) is 13.2 Å². The lowest BCUT2D eigenvalue weighted by atomic mass is 10.1. The molecular formula is C14H16N2O4S2. The van der Waals surface area contributed by atoms with E-state index in [1.54, 1.807) is 12.1 Å². The van der Waals surface area contributed by atoms with Crippen molar-refractivity contribution >= 4 is 33.0 Å². The highest BCUT2D eigenvalue weighted by Crippen LogP contribution is 2.33. The molecule has 6 nitrogen and oxygen atoms in total. The molecule has 0 aliphatic heterocycles. The number of primary sulfonamides is 1. The van der Waals surface area contributed by atoms with Crippen molar-refractivity contribution in [1.82, 2.24) is 0 Å². The van der Waals surface area contributed by atoms with Gasteiger partial charge in [-0.25, -0.2) is 13.6 Å². The van der Waals surface area contributed by atoms with E-state index in [4.69, 9.17) is 9.88 Å². The lowest BCUT2D eigenvalue weighted by Crippen LogP contribution is -2.11. The Balaban J connectivity index is 2.24. The minimum atomic E-state index is -3.93. The van der Waals surface area contributed by atoms with Gasteiger partial charge in [0.1, 0.15) is 0 Å². The van der Waals surface area contributed by atoms with Gasteiger partial charge in [-0.05, 0) is 24.1 Å². The standard InChI is InChI=1S/C14H16N2O4S2/c1-3-9-4-6-10(7-5-9)16-13(17)12-8-11(20-2)14(21-12)22(15,18)19/h4-8H,3H2,1-2H3,(H,16,17)(H2,15,18,19). The first kappa shape index (κ1) is 16.5. The molecule has 1 heterocycles. The average Bonchev–Trinajstić information content (AvgIpc) is 2.92. The van der Waals surface area contributed by atoms with Gasteiger partial charge < -0.3 is 10.1 Å². The summed E-state index contributed by atoms with van der Waals surface area (Å²) in [5.41, 5.74) is 1.79. The number of thiophene rings is 1. The molecule has 8 heteroatoms. The summed E-state index contributed by atoms with van der Waals surface area (Å²) >= 11 is 0.776. The van der Waals surface area contributed by atoms with E-state index in [-0.39, 0.29) is 14.8 Å². The number of anilines is 1. The summed E-state index contributed by atoms with van der Waals surface area (Å²) in [6.45, 7) is 2.04. The van der Waals surface area contributed by atoms with Gasteiger partial charge in [0.05, 0.1) is 12.0 Å². The van der Waals surface area contributed by atoms with E-state index < -0.39 is 15.9 Å². The molecule has 0 aliphatic carbocycles. The fourth-order valence-electron chi connectivity index (χ4n) is 1.83. The highest BCUT2D eigenvalue weighted by atomic mass is 32.2. The molecule has 3 N–H and O–H groups in total. The summed E-state index contributed by atoms with van der Waals surface area (Å²) in [4.78, 5) is 12.4. The molecule has 1 aromatic carbocycles. The Morgan fingerprint density at radius 1 is 1.32 bits per heavy atom. The van der Waals surface area contributed by atoms with Gasteiger partial charge in [0.25, 0.3) is 15.9 Å². The molecule has 2 rings (SSSR count). The normalized spacial score (nSPS) is 11.2. The van der Waals surface area contributed by atoms with Crippen molar-refractivity contribution < 1.29 is 17.9 Å². The van der Waals surface area contributed by atoms with Crippen LogP contribution in [0.15, 0.2) is 34.5 Å². The number of nitrogens with one attached hydrogen (secondary N) is 1. The zero-order valence-corrected chi connectivity index (χ0v) is 13.8. The summed E-state index contributed by atoms with van der Waals surface area (Å²) < 4.78 is 27.7. The number of sulfonamides is 1. The minimum absolute atomic E-state index is 0.0685. The summed E-state index contributed by atoms with van der Waals surface area (Å²) in [6.07, 6.45) is 0.911. The molecule has 0 unspecified atom stereocenters. The SMILES string of the molecule is CCc1ccc(NC(=O)c2cc(OC)c(S(N)(=O)=O)s2)cc1. The number of hydrogen-bond acceptors (Lipinski definition) is 5. The van der Waals surface area contributed by atoms with Crippen molar-refractivity contribution in [3.05, 3.63) is 40.8 Å². The van der Waals surface area contributed by atoms with Crippen LogP contribution in [-0.4, -0.2) is 21.4 Å². The number of hydrogen-bond donors (Lipinski definition) is 2. The molecule has 0 aliphatic rings. The molecule has 1 amide bonds. The van der Waals surface area contributed by atoms with Crippen molar-refractivity contribution in [2.24, 2.45) is 5.14 Å². The summed E-state index contributed by atoms with van der Waals surface area (Å²) in [5.74, 6) is -0.346. The first-order valence-corrected chi connectivity index (χ1v) is 8.82. The lowest BCUT2D eigenvalue weighted by Gasteiger charge is -2.04. The van der Waals surface area contributed by atoms with Crippen LogP contribution in [0.2, 0.25) is 0 Å². The molecule has 0 spiro atoms. The van der Waals surface area contributed by atoms with Gasteiger partial charge in [-0.3, -0.25) is 4.79 Å². The molecule has 0 radical (unpaired) electrons. The quantitative estimate of drug-likeness (QED) is 0.872. The van der Waals surface area contributed by atoms with Crippen LogP contribution in [0.4, 0.5) is 5.69 Å². The number of rotatable bonds is 5. The number of carbonyl (C=O) groups is 1. The first-order valence-electron chi connectivity index (χ1n) is 6.46. The number of methoxy groups -OCH3 is 1. The Bertz CT molecular complexity index is 780. The molecule has 1 aromatic heterocycles. The van der Waals surface area contributed by atoms with Crippen molar-refractivity contribution in [3.63, 3.8) is 0 Å². The van der Waals surface area contributed by atoms with Crippen molar-refractivity contribution in [2.45, 2.75) is 17.6 Å². The fourth-order valence-corrected chi connectivity index (χ4v) is 3.74. The minimum Gasteiger partial charge on any atom is -0.494 e. The zero-order valence-electron chi connectivity index (χ0n) is 12.1. The van der Waals surface area contributed by atoms with Crippen LogP contribution >= 0.6 is 11.3 Å². The second-order valence-corrected chi connectivity index (χ2v) is 7.32. The van der Waals surface area contributed by atoms with Gasteiger partial charge in [0.15, 0.2) is 9.96 Å². The molecular weight excluding hydrogens is 324 g/mol.